The zero-order valence-corrected chi connectivity index (χ0v) is 13.6. The van der Waals surface area contributed by atoms with Gasteiger partial charge in [-0.1, -0.05) is 6.92 Å². The smallest absolute Gasteiger partial charge is 0.148 e. The molecule has 1 aromatic heterocycles. The molecule has 0 aliphatic heterocycles. The van der Waals surface area contributed by atoms with Crippen LogP contribution in [0.4, 0.5) is 0 Å². The molecule has 0 radical (unpaired) electrons. The lowest BCUT2D eigenvalue weighted by Gasteiger charge is -2.13. The second-order valence-electron chi connectivity index (χ2n) is 4.56. The fraction of sp³-hybridized carbons (Fsp3) is 0.727. The van der Waals surface area contributed by atoms with Crippen LogP contribution in [0.1, 0.15) is 25.2 Å². The van der Waals surface area contributed by atoms with Crippen molar-refractivity contribution in [1.82, 2.24) is 15.1 Å². The molecule has 0 fully saturated rings. The lowest BCUT2D eigenvalue weighted by Crippen LogP contribution is -2.32. The van der Waals surface area contributed by atoms with Crippen LogP contribution in [0, 0.1) is 0 Å². The number of nitrogens with zero attached hydrogens (tertiary/aromatic N) is 2. The fourth-order valence-corrected chi connectivity index (χ4v) is 3.58. The van der Waals surface area contributed by atoms with Crippen LogP contribution in [-0.2, 0) is 29.9 Å². The summed E-state index contributed by atoms with van der Waals surface area (Å²) in [5, 5.41) is 7.60. The van der Waals surface area contributed by atoms with E-state index in [1.807, 2.05) is 18.7 Å². The zero-order chi connectivity index (χ0) is 13.9. The molecule has 0 aromatic carbocycles. The molecule has 0 saturated heterocycles. The monoisotopic (exact) mass is 337 g/mol. The van der Waals surface area contributed by atoms with Gasteiger partial charge in [-0.2, -0.15) is 5.10 Å². The van der Waals surface area contributed by atoms with Crippen LogP contribution in [0.3, 0.4) is 0 Å². The maximum atomic E-state index is 11.2. The van der Waals surface area contributed by atoms with Gasteiger partial charge in [0.05, 0.1) is 21.6 Å². The number of rotatable bonds is 6. The van der Waals surface area contributed by atoms with Crippen molar-refractivity contribution in [2.24, 2.45) is 7.05 Å². The van der Waals surface area contributed by atoms with Gasteiger partial charge in [-0.15, -0.1) is 0 Å². The molecule has 0 spiro atoms. The van der Waals surface area contributed by atoms with Crippen molar-refractivity contribution in [2.45, 2.75) is 32.9 Å². The normalized spacial score (nSPS) is 13.8. The standard InChI is InChI=1S/C11H20BrN3O2S/c1-5-9-11(12)10(15(3)14-9)6-13-8(2)7-18(4,16)17/h8,13H,5-7H2,1-4H3. The van der Waals surface area contributed by atoms with E-state index in [1.54, 1.807) is 0 Å². The molecule has 18 heavy (non-hydrogen) atoms. The maximum Gasteiger partial charge on any atom is 0.148 e. The van der Waals surface area contributed by atoms with Gasteiger partial charge in [-0.3, -0.25) is 4.68 Å². The highest BCUT2D eigenvalue weighted by molar-refractivity contribution is 9.10. The number of aryl methyl sites for hydroxylation is 2. The molecule has 1 aromatic rings. The number of hydrogen-bond donors (Lipinski definition) is 1. The molecule has 1 unspecified atom stereocenters. The first-order valence-corrected chi connectivity index (χ1v) is 8.71. The Labute approximate surface area is 117 Å². The summed E-state index contributed by atoms with van der Waals surface area (Å²) in [6.45, 7) is 4.52. The van der Waals surface area contributed by atoms with Gasteiger partial charge in [0.15, 0.2) is 0 Å². The van der Waals surface area contributed by atoms with Crippen molar-refractivity contribution < 1.29 is 8.42 Å². The molecule has 0 saturated carbocycles. The number of aromatic nitrogens is 2. The van der Waals surface area contributed by atoms with Crippen LogP contribution in [-0.4, -0.2) is 36.2 Å². The molecule has 1 heterocycles. The lowest BCUT2D eigenvalue weighted by molar-refractivity contribution is 0.543. The minimum atomic E-state index is -2.94. The van der Waals surface area contributed by atoms with Gasteiger partial charge in [-0.05, 0) is 29.3 Å². The third kappa shape index (κ3) is 4.37. The van der Waals surface area contributed by atoms with E-state index in [1.165, 1.54) is 6.26 Å². The Kier molecular flexibility index (Phi) is 5.36. The van der Waals surface area contributed by atoms with Crippen LogP contribution in [0.5, 0.6) is 0 Å². The van der Waals surface area contributed by atoms with Crippen molar-refractivity contribution in [1.29, 1.82) is 0 Å². The molecule has 0 aliphatic carbocycles. The summed E-state index contributed by atoms with van der Waals surface area (Å²) < 4.78 is 25.2. The van der Waals surface area contributed by atoms with Gasteiger partial charge in [0.25, 0.3) is 0 Å². The second-order valence-corrected chi connectivity index (χ2v) is 7.54. The molecule has 0 aliphatic rings. The van der Waals surface area contributed by atoms with Crippen molar-refractivity contribution >= 4 is 25.8 Å². The van der Waals surface area contributed by atoms with Crippen LogP contribution in [0.25, 0.3) is 0 Å². The Bertz CT molecular complexity index is 511. The van der Waals surface area contributed by atoms with E-state index in [0.717, 1.165) is 22.3 Å². The summed E-state index contributed by atoms with van der Waals surface area (Å²) in [6.07, 6.45) is 2.12. The number of hydrogen-bond acceptors (Lipinski definition) is 4. The second kappa shape index (κ2) is 6.16. The SMILES string of the molecule is CCc1nn(C)c(CNC(C)CS(C)(=O)=O)c1Br. The molecule has 104 valence electrons. The molecule has 5 nitrogen and oxygen atoms in total. The summed E-state index contributed by atoms with van der Waals surface area (Å²) in [7, 11) is -1.05. The van der Waals surface area contributed by atoms with Gasteiger partial charge in [0, 0.05) is 25.9 Å². The first-order valence-electron chi connectivity index (χ1n) is 5.86. The molecule has 1 atom stereocenters. The molecule has 0 bridgehead atoms. The number of nitrogens with one attached hydrogen (secondary N) is 1. The fourth-order valence-electron chi connectivity index (χ4n) is 1.80. The van der Waals surface area contributed by atoms with E-state index in [9.17, 15) is 8.42 Å². The van der Waals surface area contributed by atoms with Gasteiger partial charge >= 0.3 is 0 Å². The highest BCUT2D eigenvalue weighted by Crippen LogP contribution is 2.21. The predicted octanol–water partition coefficient (Wildman–Crippen LogP) is 1.27. The average Bonchev–Trinajstić information content (AvgIpc) is 2.49. The van der Waals surface area contributed by atoms with Crippen molar-refractivity contribution in [3.63, 3.8) is 0 Å². The summed E-state index contributed by atoms with van der Waals surface area (Å²) in [5.41, 5.74) is 2.05. The van der Waals surface area contributed by atoms with Crippen LogP contribution < -0.4 is 5.32 Å². The Balaban J connectivity index is 2.66. The minimum Gasteiger partial charge on any atom is -0.308 e. The predicted molar refractivity (Wildman–Crippen MR) is 76.3 cm³/mol. The van der Waals surface area contributed by atoms with E-state index in [-0.39, 0.29) is 11.8 Å². The molecule has 1 rings (SSSR count). The Morgan fingerprint density at radius 2 is 2.11 bits per heavy atom. The lowest BCUT2D eigenvalue weighted by atomic mass is 10.3. The van der Waals surface area contributed by atoms with Crippen LogP contribution >= 0.6 is 15.9 Å². The average molecular weight is 338 g/mol. The first-order chi connectivity index (χ1) is 8.24. The molecule has 0 amide bonds. The quantitative estimate of drug-likeness (QED) is 0.848. The van der Waals surface area contributed by atoms with E-state index >= 15 is 0 Å². The molecule has 1 N–H and O–H groups in total. The molecule has 7 heteroatoms. The Hall–Kier alpha value is -0.400. The van der Waals surface area contributed by atoms with Gasteiger partial charge in [0.2, 0.25) is 0 Å². The third-order valence-electron chi connectivity index (χ3n) is 2.67. The van der Waals surface area contributed by atoms with Crippen LogP contribution in [0.2, 0.25) is 0 Å². The minimum absolute atomic E-state index is 0.0770. The first kappa shape index (κ1) is 15.7. The summed E-state index contributed by atoms with van der Waals surface area (Å²) in [6, 6.07) is -0.0770. The van der Waals surface area contributed by atoms with Crippen molar-refractivity contribution in [3.05, 3.63) is 15.9 Å². The Morgan fingerprint density at radius 1 is 1.50 bits per heavy atom. The largest absolute Gasteiger partial charge is 0.308 e. The summed E-state index contributed by atoms with van der Waals surface area (Å²) in [4.78, 5) is 0. The Morgan fingerprint density at radius 3 is 2.56 bits per heavy atom. The molecular formula is C11H20BrN3O2S. The van der Waals surface area contributed by atoms with E-state index in [4.69, 9.17) is 0 Å². The van der Waals surface area contributed by atoms with E-state index in [2.05, 4.69) is 33.3 Å². The summed E-state index contributed by atoms with van der Waals surface area (Å²) >= 11 is 3.53. The van der Waals surface area contributed by atoms with E-state index in [0.29, 0.717) is 6.54 Å². The maximum absolute atomic E-state index is 11.2. The van der Waals surface area contributed by atoms with Crippen molar-refractivity contribution in [3.8, 4) is 0 Å². The third-order valence-corrected chi connectivity index (χ3v) is 4.69. The zero-order valence-electron chi connectivity index (χ0n) is 11.2. The highest BCUT2D eigenvalue weighted by Gasteiger charge is 2.14. The van der Waals surface area contributed by atoms with Gasteiger partial charge in [-0.25, -0.2) is 8.42 Å². The van der Waals surface area contributed by atoms with Crippen LogP contribution in [0.15, 0.2) is 4.47 Å². The number of halogens is 1. The number of sulfone groups is 1. The highest BCUT2D eigenvalue weighted by atomic mass is 79.9. The topological polar surface area (TPSA) is 64.0 Å². The summed E-state index contributed by atoms with van der Waals surface area (Å²) in [5.74, 6) is 0.142. The van der Waals surface area contributed by atoms with E-state index < -0.39 is 9.84 Å². The van der Waals surface area contributed by atoms with Crippen molar-refractivity contribution in [2.75, 3.05) is 12.0 Å². The van der Waals surface area contributed by atoms with Gasteiger partial charge in [0.1, 0.15) is 9.84 Å². The van der Waals surface area contributed by atoms with Gasteiger partial charge < -0.3 is 5.32 Å². The molecular weight excluding hydrogens is 318 g/mol.